The molecule has 2 amide bonds. The lowest BCUT2D eigenvalue weighted by Crippen LogP contribution is -2.36. The van der Waals surface area contributed by atoms with Crippen LogP contribution in [0.25, 0.3) is 0 Å². The first-order valence-corrected chi connectivity index (χ1v) is 11.3. The fourth-order valence-corrected chi connectivity index (χ4v) is 3.77. The molecule has 0 unspecified atom stereocenters. The molecular formula is C25H33N5O2. The Morgan fingerprint density at radius 3 is 2.00 bits per heavy atom. The first kappa shape index (κ1) is 23.3. The third kappa shape index (κ3) is 5.87. The summed E-state index contributed by atoms with van der Waals surface area (Å²) in [6.45, 7) is 7.43. The second-order valence-electron chi connectivity index (χ2n) is 7.77. The number of hydrogen-bond acceptors (Lipinski definition) is 3. The van der Waals surface area contributed by atoms with Crippen LogP contribution in [-0.4, -0.2) is 49.4 Å². The number of amides is 2. The highest BCUT2D eigenvalue weighted by molar-refractivity contribution is 5.95. The summed E-state index contributed by atoms with van der Waals surface area (Å²) in [6, 6.07) is 15.8. The van der Waals surface area contributed by atoms with Gasteiger partial charge in [-0.3, -0.25) is 14.6 Å². The summed E-state index contributed by atoms with van der Waals surface area (Å²) in [5.41, 5.74) is 3.85. The average molecular weight is 436 g/mol. The number of guanidine groups is 1. The van der Waals surface area contributed by atoms with E-state index >= 15 is 0 Å². The Labute approximate surface area is 190 Å². The van der Waals surface area contributed by atoms with Gasteiger partial charge < -0.3 is 20.4 Å². The number of carbonyl (C=O) groups is 2. The van der Waals surface area contributed by atoms with E-state index in [0.29, 0.717) is 44.1 Å². The maximum absolute atomic E-state index is 12.4. The molecule has 2 aromatic carbocycles. The van der Waals surface area contributed by atoms with E-state index in [1.54, 1.807) is 7.05 Å². The number of nitrogens with one attached hydrogen (secondary N) is 2. The van der Waals surface area contributed by atoms with Gasteiger partial charge in [0.25, 0.3) is 5.91 Å². The molecule has 7 nitrogen and oxygen atoms in total. The molecule has 0 aliphatic carbocycles. The molecule has 0 aromatic heterocycles. The van der Waals surface area contributed by atoms with Crippen LogP contribution < -0.4 is 15.5 Å². The van der Waals surface area contributed by atoms with Crippen LogP contribution in [0.4, 0.5) is 5.69 Å². The Morgan fingerprint density at radius 2 is 1.53 bits per heavy atom. The lowest BCUT2D eigenvalue weighted by atomic mass is 10.1. The average Bonchev–Trinajstić information content (AvgIpc) is 3.26. The lowest BCUT2D eigenvalue weighted by Gasteiger charge is -2.18. The van der Waals surface area contributed by atoms with E-state index in [4.69, 9.17) is 0 Å². The zero-order chi connectivity index (χ0) is 22.9. The van der Waals surface area contributed by atoms with Crippen molar-refractivity contribution >= 4 is 23.5 Å². The zero-order valence-corrected chi connectivity index (χ0v) is 19.2. The van der Waals surface area contributed by atoms with E-state index in [1.807, 2.05) is 72.2 Å². The second kappa shape index (κ2) is 11.3. The van der Waals surface area contributed by atoms with Gasteiger partial charge in [0.05, 0.1) is 0 Å². The fraction of sp³-hybridized carbons (Fsp3) is 0.400. The second-order valence-corrected chi connectivity index (χ2v) is 7.77. The van der Waals surface area contributed by atoms with E-state index in [0.717, 1.165) is 29.8 Å². The first-order valence-electron chi connectivity index (χ1n) is 11.3. The highest BCUT2D eigenvalue weighted by Gasteiger charge is 2.21. The van der Waals surface area contributed by atoms with E-state index in [2.05, 4.69) is 15.6 Å². The topological polar surface area (TPSA) is 77.0 Å². The Morgan fingerprint density at radius 1 is 0.969 bits per heavy atom. The molecule has 1 aliphatic rings. The van der Waals surface area contributed by atoms with Crippen molar-refractivity contribution in [2.24, 2.45) is 4.99 Å². The van der Waals surface area contributed by atoms with Gasteiger partial charge >= 0.3 is 0 Å². The van der Waals surface area contributed by atoms with Gasteiger partial charge in [-0.2, -0.15) is 0 Å². The number of benzene rings is 2. The van der Waals surface area contributed by atoms with E-state index in [1.165, 1.54) is 0 Å². The van der Waals surface area contributed by atoms with Gasteiger partial charge in [0, 0.05) is 57.4 Å². The van der Waals surface area contributed by atoms with Crippen LogP contribution >= 0.6 is 0 Å². The van der Waals surface area contributed by atoms with Crippen LogP contribution in [-0.2, 0) is 17.9 Å². The largest absolute Gasteiger partial charge is 0.352 e. The Kier molecular flexibility index (Phi) is 8.25. The highest BCUT2D eigenvalue weighted by atomic mass is 16.2. The van der Waals surface area contributed by atoms with Gasteiger partial charge in [0.2, 0.25) is 5.91 Å². The van der Waals surface area contributed by atoms with Gasteiger partial charge in [-0.1, -0.05) is 24.3 Å². The number of anilines is 1. The van der Waals surface area contributed by atoms with Gasteiger partial charge in [0.15, 0.2) is 5.96 Å². The van der Waals surface area contributed by atoms with Crippen LogP contribution in [0.1, 0.15) is 48.2 Å². The zero-order valence-electron chi connectivity index (χ0n) is 19.2. The molecule has 1 heterocycles. The Bertz CT molecular complexity index is 934. The maximum Gasteiger partial charge on any atom is 0.253 e. The van der Waals surface area contributed by atoms with E-state index in [-0.39, 0.29) is 11.8 Å². The summed E-state index contributed by atoms with van der Waals surface area (Å²) < 4.78 is 0. The van der Waals surface area contributed by atoms with Crippen LogP contribution in [0.15, 0.2) is 53.5 Å². The standard InChI is InChI=1S/C25H33N5O2/c1-4-29(5-2)24(32)21-12-8-19(9-13-21)17-27-25(26-3)28-18-20-10-14-22(15-11-20)30-16-6-7-23(30)31/h8-15H,4-7,16-18H2,1-3H3,(H2,26,27,28). The molecule has 7 heteroatoms. The fourth-order valence-electron chi connectivity index (χ4n) is 3.77. The number of hydrogen-bond donors (Lipinski definition) is 2. The van der Waals surface area contributed by atoms with Crippen molar-refractivity contribution in [1.82, 2.24) is 15.5 Å². The molecule has 2 aromatic rings. The molecular weight excluding hydrogens is 402 g/mol. The van der Waals surface area contributed by atoms with Crippen molar-refractivity contribution < 1.29 is 9.59 Å². The molecule has 170 valence electrons. The van der Waals surface area contributed by atoms with Crippen molar-refractivity contribution in [1.29, 1.82) is 0 Å². The van der Waals surface area contributed by atoms with Crippen LogP contribution in [0.2, 0.25) is 0 Å². The summed E-state index contributed by atoms with van der Waals surface area (Å²) in [5.74, 6) is 0.963. The maximum atomic E-state index is 12.4. The van der Waals surface area contributed by atoms with Gasteiger partial charge in [-0.05, 0) is 55.7 Å². The van der Waals surface area contributed by atoms with Crippen molar-refractivity contribution in [3.05, 3.63) is 65.2 Å². The van der Waals surface area contributed by atoms with Gasteiger partial charge in [-0.25, -0.2) is 0 Å². The van der Waals surface area contributed by atoms with Crippen molar-refractivity contribution in [3.8, 4) is 0 Å². The Balaban J connectivity index is 1.49. The minimum Gasteiger partial charge on any atom is -0.352 e. The molecule has 0 bridgehead atoms. The monoisotopic (exact) mass is 435 g/mol. The summed E-state index contributed by atoms with van der Waals surface area (Å²) in [7, 11) is 1.74. The van der Waals surface area contributed by atoms with E-state index < -0.39 is 0 Å². The van der Waals surface area contributed by atoms with Crippen molar-refractivity contribution in [2.75, 3.05) is 31.6 Å². The summed E-state index contributed by atoms with van der Waals surface area (Å²) in [6.07, 6.45) is 1.57. The number of nitrogens with zero attached hydrogens (tertiary/aromatic N) is 3. The molecule has 0 spiro atoms. The lowest BCUT2D eigenvalue weighted by molar-refractivity contribution is -0.117. The van der Waals surface area contributed by atoms with Crippen molar-refractivity contribution in [2.45, 2.75) is 39.8 Å². The van der Waals surface area contributed by atoms with Crippen LogP contribution in [0.5, 0.6) is 0 Å². The molecule has 0 atom stereocenters. The van der Waals surface area contributed by atoms with Crippen molar-refractivity contribution in [3.63, 3.8) is 0 Å². The minimum atomic E-state index is 0.0621. The molecule has 2 N–H and O–H groups in total. The Hall–Kier alpha value is -3.35. The third-order valence-electron chi connectivity index (χ3n) is 5.72. The number of carbonyl (C=O) groups excluding carboxylic acids is 2. The third-order valence-corrected chi connectivity index (χ3v) is 5.72. The molecule has 0 saturated carbocycles. The summed E-state index contributed by atoms with van der Waals surface area (Å²) in [5, 5.41) is 6.61. The summed E-state index contributed by atoms with van der Waals surface area (Å²) >= 11 is 0. The van der Waals surface area contributed by atoms with E-state index in [9.17, 15) is 9.59 Å². The minimum absolute atomic E-state index is 0.0621. The highest BCUT2D eigenvalue weighted by Crippen LogP contribution is 2.21. The number of aliphatic imine (C=N–C) groups is 1. The van der Waals surface area contributed by atoms with Gasteiger partial charge in [-0.15, -0.1) is 0 Å². The van der Waals surface area contributed by atoms with Crippen LogP contribution in [0, 0.1) is 0 Å². The SMILES string of the molecule is CCN(CC)C(=O)c1ccc(CNC(=NC)NCc2ccc(N3CCCC3=O)cc2)cc1. The predicted molar refractivity (Wildman–Crippen MR) is 129 cm³/mol. The summed E-state index contributed by atoms with van der Waals surface area (Å²) in [4.78, 5) is 32.2. The molecule has 1 aliphatic heterocycles. The molecule has 0 radical (unpaired) electrons. The molecule has 1 saturated heterocycles. The normalized spacial score (nSPS) is 13.9. The smallest absolute Gasteiger partial charge is 0.253 e. The quantitative estimate of drug-likeness (QED) is 0.493. The van der Waals surface area contributed by atoms with Crippen LogP contribution in [0.3, 0.4) is 0 Å². The molecule has 32 heavy (non-hydrogen) atoms. The molecule has 3 rings (SSSR count). The number of rotatable bonds is 8. The van der Waals surface area contributed by atoms with Gasteiger partial charge in [0.1, 0.15) is 0 Å². The predicted octanol–water partition coefficient (Wildman–Crippen LogP) is 3.16. The first-order chi connectivity index (χ1) is 15.5. The molecule has 1 fully saturated rings.